The molecule has 88 valence electrons. The molecule has 2 rings (SSSR count). The molecule has 5 heteroatoms. The molecule has 4 nitrogen and oxygen atoms in total. The number of methoxy groups -OCH3 is 1. The van der Waals surface area contributed by atoms with Gasteiger partial charge in [0.2, 0.25) is 0 Å². The van der Waals surface area contributed by atoms with Crippen LogP contribution in [0.25, 0.3) is 0 Å². The van der Waals surface area contributed by atoms with Crippen LogP contribution in [0.15, 0.2) is 6.07 Å². The van der Waals surface area contributed by atoms with Crippen LogP contribution in [0, 0.1) is 6.92 Å². The van der Waals surface area contributed by atoms with E-state index < -0.39 is 0 Å². The normalized spacial score (nSPS) is 15.2. The van der Waals surface area contributed by atoms with Gasteiger partial charge in [-0.05, 0) is 19.8 Å². The summed E-state index contributed by atoms with van der Waals surface area (Å²) in [6.07, 6.45) is 2.45. The van der Waals surface area contributed by atoms with Gasteiger partial charge in [0.15, 0.2) is 0 Å². The Hall–Kier alpha value is -0.870. The summed E-state index contributed by atoms with van der Waals surface area (Å²) in [5.74, 6) is 1.63. The number of nitrogens with zero attached hydrogens (tertiary/aromatic N) is 3. The Morgan fingerprint density at radius 1 is 1.50 bits per heavy atom. The van der Waals surface area contributed by atoms with E-state index in [9.17, 15) is 0 Å². The summed E-state index contributed by atoms with van der Waals surface area (Å²) in [4.78, 5) is 10.8. The summed E-state index contributed by atoms with van der Waals surface area (Å²) in [6, 6.07) is 2.42. The average molecular weight is 242 g/mol. The average Bonchev–Trinajstić information content (AvgIpc) is 3.01. The van der Waals surface area contributed by atoms with Crippen molar-refractivity contribution in [3.8, 4) is 0 Å². The van der Waals surface area contributed by atoms with Gasteiger partial charge in [-0.25, -0.2) is 9.97 Å². The molecular weight excluding hydrogens is 226 g/mol. The lowest BCUT2D eigenvalue weighted by molar-refractivity contribution is 0.204. The molecule has 0 N–H and O–H groups in total. The van der Waals surface area contributed by atoms with Gasteiger partial charge in [0.1, 0.15) is 16.8 Å². The van der Waals surface area contributed by atoms with Crippen LogP contribution < -0.4 is 4.90 Å². The third-order valence-corrected chi connectivity index (χ3v) is 2.81. The van der Waals surface area contributed by atoms with Crippen molar-refractivity contribution in [1.82, 2.24) is 9.97 Å². The van der Waals surface area contributed by atoms with Crippen LogP contribution in [0.2, 0.25) is 5.15 Å². The van der Waals surface area contributed by atoms with Crippen molar-refractivity contribution >= 4 is 17.4 Å². The van der Waals surface area contributed by atoms with E-state index in [1.54, 1.807) is 7.11 Å². The van der Waals surface area contributed by atoms with Gasteiger partial charge in [-0.3, -0.25) is 0 Å². The van der Waals surface area contributed by atoms with Crippen LogP contribution in [-0.4, -0.2) is 36.3 Å². The number of rotatable bonds is 5. The summed E-state index contributed by atoms with van der Waals surface area (Å²) >= 11 is 5.94. The highest BCUT2D eigenvalue weighted by molar-refractivity contribution is 6.29. The smallest absolute Gasteiger partial charge is 0.134 e. The van der Waals surface area contributed by atoms with E-state index in [2.05, 4.69) is 14.9 Å². The van der Waals surface area contributed by atoms with Crippen LogP contribution >= 0.6 is 11.6 Å². The van der Waals surface area contributed by atoms with Gasteiger partial charge in [0, 0.05) is 25.8 Å². The standard InChI is InChI=1S/C11H16ClN3O/c1-8-13-10(12)7-11(14-8)15(5-6-16-2)9-3-4-9/h7,9H,3-6H2,1-2H3. The highest BCUT2D eigenvalue weighted by Gasteiger charge is 2.30. The molecule has 1 aromatic rings. The van der Waals surface area contributed by atoms with Crippen molar-refractivity contribution in [1.29, 1.82) is 0 Å². The molecule has 1 aliphatic rings. The fraction of sp³-hybridized carbons (Fsp3) is 0.636. The lowest BCUT2D eigenvalue weighted by Gasteiger charge is -2.23. The molecule has 1 aromatic heterocycles. The Labute approximate surface area is 101 Å². The van der Waals surface area contributed by atoms with Gasteiger partial charge in [-0.1, -0.05) is 11.6 Å². The molecule has 0 aliphatic heterocycles. The second-order valence-corrected chi connectivity index (χ2v) is 4.40. The number of hydrogen-bond donors (Lipinski definition) is 0. The fourth-order valence-corrected chi connectivity index (χ4v) is 1.94. The van der Waals surface area contributed by atoms with E-state index in [0.29, 0.717) is 23.6 Å². The number of ether oxygens (including phenoxy) is 1. The van der Waals surface area contributed by atoms with Crippen LogP contribution in [0.1, 0.15) is 18.7 Å². The first kappa shape index (κ1) is 11.6. The van der Waals surface area contributed by atoms with Crippen molar-refractivity contribution < 1.29 is 4.74 Å². The molecule has 1 fully saturated rings. The lowest BCUT2D eigenvalue weighted by atomic mass is 10.4. The highest BCUT2D eigenvalue weighted by Crippen LogP contribution is 2.31. The first-order valence-corrected chi connectivity index (χ1v) is 5.85. The molecule has 0 unspecified atom stereocenters. The topological polar surface area (TPSA) is 38.2 Å². The predicted molar refractivity (Wildman–Crippen MR) is 64.0 cm³/mol. The fourth-order valence-electron chi connectivity index (χ4n) is 1.72. The minimum atomic E-state index is 0.505. The Bertz CT molecular complexity index is 348. The molecule has 0 spiro atoms. The van der Waals surface area contributed by atoms with Crippen molar-refractivity contribution in [3.63, 3.8) is 0 Å². The van der Waals surface area contributed by atoms with Crippen molar-refractivity contribution in [2.24, 2.45) is 0 Å². The zero-order valence-electron chi connectivity index (χ0n) is 9.61. The second-order valence-electron chi connectivity index (χ2n) is 4.01. The van der Waals surface area contributed by atoms with Gasteiger partial charge in [-0.15, -0.1) is 0 Å². The quantitative estimate of drug-likeness (QED) is 0.740. The number of aromatic nitrogens is 2. The van der Waals surface area contributed by atoms with E-state index in [1.165, 1.54) is 12.8 Å². The summed E-state index contributed by atoms with van der Waals surface area (Å²) in [7, 11) is 1.71. The molecule has 0 aromatic carbocycles. The van der Waals surface area contributed by atoms with E-state index >= 15 is 0 Å². The minimum Gasteiger partial charge on any atom is -0.383 e. The zero-order chi connectivity index (χ0) is 11.5. The number of anilines is 1. The van der Waals surface area contributed by atoms with Gasteiger partial charge in [-0.2, -0.15) is 0 Å². The predicted octanol–water partition coefficient (Wildman–Crippen LogP) is 2.05. The molecule has 1 saturated carbocycles. The molecule has 1 heterocycles. The van der Waals surface area contributed by atoms with Crippen LogP contribution in [0.4, 0.5) is 5.82 Å². The van der Waals surface area contributed by atoms with E-state index in [0.717, 1.165) is 12.4 Å². The van der Waals surface area contributed by atoms with Gasteiger partial charge in [0.05, 0.1) is 6.61 Å². The Morgan fingerprint density at radius 2 is 2.25 bits per heavy atom. The van der Waals surface area contributed by atoms with Crippen molar-refractivity contribution in [3.05, 3.63) is 17.0 Å². The summed E-state index contributed by atoms with van der Waals surface area (Å²) in [5, 5.41) is 0.505. The highest BCUT2D eigenvalue weighted by atomic mass is 35.5. The second kappa shape index (κ2) is 4.97. The van der Waals surface area contributed by atoms with Crippen LogP contribution in [0.5, 0.6) is 0 Å². The zero-order valence-corrected chi connectivity index (χ0v) is 10.4. The lowest BCUT2D eigenvalue weighted by Crippen LogP contribution is -2.30. The number of aryl methyl sites for hydroxylation is 1. The Balaban J connectivity index is 2.16. The summed E-state index contributed by atoms with van der Waals surface area (Å²) in [5.41, 5.74) is 0. The molecule has 0 amide bonds. The maximum absolute atomic E-state index is 5.94. The van der Waals surface area contributed by atoms with E-state index in [-0.39, 0.29) is 0 Å². The third-order valence-electron chi connectivity index (χ3n) is 2.61. The largest absolute Gasteiger partial charge is 0.383 e. The van der Waals surface area contributed by atoms with Gasteiger partial charge < -0.3 is 9.64 Å². The van der Waals surface area contributed by atoms with Crippen molar-refractivity contribution in [2.45, 2.75) is 25.8 Å². The van der Waals surface area contributed by atoms with Crippen molar-refractivity contribution in [2.75, 3.05) is 25.2 Å². The summed E-state index contributed by atoms with van der Waals surface area (Å²) in [6.45, 7) is 3.42. The van der Waals surface area contributed by atoms with Gasteiger partial charge >= 0.3 is 0 Å². The Morgan fingerprint density at radius 3 is 2.81 bits per heavy atom. The first-order valence-electron chi connectivity index (χ1n) is 5.47. The Kier molecular flexibility index (Phi) is 3.61. The van der Waals surface area contributed by atoms with E-state index in [4.69, 9.17) is 16.3 Å². The molecule has 16 heavy (non-hydrogen) atoms. The maximum atomic E-state index is 5.94. The number of hydrogen-bond acceptors (Lipinski definition) is 4. The monoisotopic (exact) mass is 241 g/mol. The minimum absolute atomic E-state index is 0.505. The molecule has 1 aliphatic carbocycles. The third kappa shape index (κ3) is 2.83. The maximum Gasteiger partial charge on any atom is 0.134 e. The molecule has 0 radical (unpaired) electrons. The number of halogens is 1. The SMILES string of the molecule is COCCN(c1cc(Cl)nc(C)n1)C1CC1. The molecular formula is C11H16ClN3O. The van der Waals surface area contributed by atoms with E-state index in [1.807, 2.05) is 13.0 Å². The molecule has 0 bridgehead atoms. The molecule has 0 atom stereocenters. The van der Waals surface area contributed by atoms with Crippen LogP contribution in [-0.2, 0) is 4.74 Å². The summed E-state index contributed by atoms with van der Waals surface area (Å²) < 4.78 is 5.11. The van der Waals surface area contributed by atoms with Crippen LogP contribution in [0.3, 0.4) is 0 Å². The van der Waals surface area contributed by atoms with Gasteiger partial charge in [0.25, 0.3) is 0 Å². The molecule has 0 saturated heterocycles. The first-order chi connectivity index (χ1) is 7.70.